The molecule has 5 N–H and O–H groups in total. The number of anilines is 2. The van der Waals surface area contributed by atoms with Crippen molar-refractivity contribution in [3.05, 3.63) is 23.3 Å². The van der Waals surface area contributed by atoms with E-state index in [-0.39, 0.29) is 0 Å². The van der Waals surface area contributed by atoms with Crippen molar-refractivity contribution in [2.24, 2.45) is 0 Å². The standard InChI is InChI=1S/C11H15N3/c1-8-6-9(4-3-5-14-2)7-10(12)11(8)13/h6-7,14H,5,12-13H2,1-2H3. The van der Waals surface area contributed by atoms with E-state index in [0.29, 0.717) is 17.9 Å². The molecule has 1 aromatic rings. The average molecular weight is 189 g/mol. The first-order chi connectivity index (χ1) is 6.65. The number of benzene rings is 1. The van der Waals surface area contributed by atoms with Crippen molar-refractivity contribution < 1.29 is 0 Å². The summed E-state index contributed by atoms with van der Waals surface area (Å²) in [4.78, 5) is 0. The van der Waals surface area contributed by atoms with E-state index in [9.17, 15) is 0 Å². The Labute approximate surface area is 84.5 Å². The van der Waals surface area contributed by atoms with E-state index < -0.39 is 0 Å². The molecule has 1 rings (SSSR count). The van der Waals surface area contributed by atoms with Gasteiger partial charge in [0.15, 0.2) is 0 Å². The van der Waals surface area contributed by atoms with Crippen molar-refractivity contribution in [2.75, 3.05) is 25.1 Å². The van der Waals surface area contributed by atoms with Crippen LogP contribution in [0.4, 0.5) is 11.4 Å². The molecule has 0 bridgehead atoms. The van der Waals surface area contributed by atoms with Crippen LogP contribution in [0.25, 0.3) is 0 Å². The average Bonchev–Trinajstić information content (AvgIpc) is 2.14. The number of nitrogens with two attached hydrogens (primary N) is 2. The molecule has 0 saturated heterocycles. The van der Waals surface area contributed by atoms with Gasteiger partial charge < -0.3 is 16.8 Å². The summed E-state index contributed by atoms with van der Waals surface area (Å²) in [6.45, 7) is 2.60. The Balaban J connectivity index is 2.97. The van der Waals surface area contributed by atoms with Crippen LogP contribution in [0.2, 0.25) is 0 Å². The van der Waals surface area contributed by atoms with Gasteiger partial charge in [0.25, 0.3) is 0 Å². The molecule has 0 aliphatic carbocycles. The van der Waals surface area contributed by atoms with Gasteiger partial charge in [-0.3, -0.25) is 0 Å². The number of hydrogen-bond donors (Lipinski definition) is 3. The van der Waals surface area contributed by atoms with Crippen LogP contribution in [-0.4, -0.2) is 13.6 Å². The third kappa shape index (κ3) is 2.41. The third-order valence-corrected chi connectivity index (χ3v) is 1.92. The van der Waals surface area contributed by atoms with Crippen molar-refractivity contribution in [3.63, 3.8) is 0 Å². The normalized spacial score (nSPS) is 9.29. The lowest BCUT2D eigenvalue weighted by Crippen LogP contribution is -2.04. The quantitative estimate of drug-likeness (QED) is 0.451. The molecule has 3 heteroatoms. The summed E-state index contributed by atoms with van der Waals surface area (Å²) >= 11 is 0. The summed E-state index contributed by atoms with van der Waals surface area (Å²) in [6, 6.07) is 3.74. The molecule has 1 aromatic carbocycles. The van der Waals surface area contributed by atoms with Gasteiger partial charge in [0, 0.05) is 5.56 Å². The van der Waals surface area contributed by atoms with Crippen LogP contribution >= 0.6 is 0 Å². The fraction of sp³-hybridized carbons (Fsp3) is 0.273. The molecule has 3 nitrogen and oxygen atoms in total. The maximum atomic E-state index is 5.72. The number of hydrogen-bond acceptors (Lipinski definition) is 3. The zero-order valence-electron chi connectivity index (χ0n) is 8.52. The molecule has 0 atom stereocenters. The van der Waals surface area contributed by atoms with E-state index in [2.05, 4.69) is 17.2 Å². The second-order valence-corrected chi connectivity index (χ2v) is 3.13. The first-order valence-electron chi connectivity index (χ1n) is 4.44. The van der Waals surface area contributed by atoms with Gasteiger partial charge in [-0.2, -0.15) is 0 Å². The summed E-state index contributed by atoms with van der Waals surface area (Å²) in [5.74, 6) is 5.97. The Morgan fingerprint density at radius 3 is 2.64 bits per heavy atom. The number of rotatable bonds is 1. The zero-order chi connectivity index (χ0) is 10.6. The molecule has 0 spiro atoms. The second-order valence-electron chi connectivity index (χ2n) is 3.13. The van der Waals surface area contributed by atoms with Gasteiger partial charge in [0.2, 0.25) is 0 Å². The van der Waals surface area contributed by atoms with Crippen molar-refractivity contribution >= 4 is 11.4 Å². The Bertz CT molecular complexity index is 362. The molecule has 0 unspecified atom stereocenters. The molecular weight excluding hydrogens is 174 g/mol. The first kappa shape index (κ1) is 10.4. The fourth-order valence-electron chi connectivity index (χ4n) is 1.13. The van der Waals surface area contributed by atoms with Gasteiger partial charge in [0.05, 0.1) is 17.9 Å². The Morgan fingerprint density at radius 2 is 2.07 bits per heavy atom. The molecule has 0 saturated carbocycles. The highest BCUT2D eigenvalue weighted by Gasteiger charge is 1.99. The molecule has 0 aliphatic rings. The fourth-order valence-corrected chi connectivity index (χ4v) is 1.13. The highest BCUT2D eigenvalue weighted by Crippen LogP contribution is 2.20. The lowest BCUT2D eigenvalue weighted by Gasteiger charge is -2.04. The zero-order valence-corrected chi connectivity index (χ0v) is 8.52. The van der Waals surface area contributed by atoms with Crippen LogP contribution in [0.1, 0.15) is 11.1 Å². The van der Waals surface area contributed by atoms with Gasteiger partial charge in [0.1, 0.15) is 0 Å². The Hall–Kier alpha value is -1.66. The molecule has 74 valence electrons. The summed E-state index contributed by atoms with van der Waals surface area (Å²) in [6.07, 6.45) is 0. The number of nitrogen functional groups attached to an aromatic ring is 2. The summed E-state index contributed by atoms with van der Waals surface area (Å²) in [5, 5.41) is 2.95. The lowest BCUT2D eigenvalue weighted by atomic mass is 10.1. The molecule has 0 fully saturated rings. The SMILES string of the molecule is CNCC#Cc1cc(C)c(N)c(N)c1. The minimum Gasteiger partial charge on any atom is -0.397 e. The van der Waals surface area contributed by atoms with E-state index in [4.69, 9.17) is 11.5 Å². The minimum atomic E-state index is 0.596. The van der Waals surface area contributed by atoms with Crippen LogP contribution in [-0.2, 0) is 0 Å². The van der Waals surface area contributed by atoms with Crippen LogP contribution in [0.15, 0.2) is 12.1 Å². The molecule has 0 heterocycles. The topological polar surface area (TPSA) is 64.1 Å². The maximum absolute atomic E-state index is 5.72. The Kier molecular flexibility index (Phi) is 3.38. The van der Waals surface area contributed by atoms with Crippen molar-refractivity contribution in [3.8, 4) is 11.8 Å². The van der Waals surface area contributed by atoms with E-state index >= 15 is 0 Å². The summed E-state index contributed by atoms with van der Waals surface area (Å²) in [7, 11) is 1.86. The van der Waals surface area contributed by atoms with E-state index in [1.165, 1.54) is 0 Å². The van der Waals surface area contributed by atoms with Crippen LogP contribution < -0.4 is 16.8 Å². The molecule has 0 amide bonds. The van der Waals surface area contributed by atoms with Crippen molar-refractivity contribution in [1.82, 2.24) is 5.32 Å². The Morgan fingerprint density at radius 1 is 1.36 bits per heavy atom. The highest BCUT2D eigenvalue weighted by molar-refractivity contribution is 5.69. The van der Waals surface area contributed by atoms with Crippen molar-refractivity contribution in [1.29, 1.82) is 0 Å². The van der Waals surface area contributed by atoms with Gasteiger partial charge in [-0.05, 0) is 31.7 Å². The van der Waals surface area contributed by atoms with Crippen LogP contribution in [0.3, 0.4) is 0 Å². The van der Waals surface area contributed by atoms with E-state index in [1.54, 1.807) is 6.07 Å². The van der Waals surface area contributed by atoms with Crippen LogP contribution in [0.5, 0.6) is 0 Å². The molecule has 0 aromatic heterocycles. The molecule has 0 aliphatic heterocycles. The van der Waals surface area contributed by atoms with Gasteiger partial charge in [-0.1, -0.05) is 11.8 Å². The predicted molar refractivity (Wildman–Crippen MR) is 60.8 cm³/mol. The van der Waals surface area contributed by atoms with Gasteiger partial charge in [-0.25, -0.2) is 0 Å². The molecule has 0 radical (unpaired) electrons. The highest BCUT2D eigenvalue weighted by atomic mass is 14.8. The second kappa shape index (κ2) is 4.54. The largest absolute Gasteiger partial charge is 0.397 e. The minimum absolute atomic E-state index is 0.596. The molecular formula is C11H15N3. The van der Waals surface area contributed by atoms with Crippen LogP contribution in [0, 0.1) is 18.8 Å². The number of aryl methyl sites for hydroxylation is 1. The van der Waals surface area contributed by atoms with Crippen molar-refractivity contribution in [2.45, 2.75) is 6.92 Å². The summed E-state index contributed by atoms with van der Waals surface area (Å²) in [5.41, 5.74) is 14.6. The predicted octanol–water partition coefficient (Wildman–Crippen LogP) is 0.730. The van der Waals surface area contributed by atoms with E-state index in [0.717, 1.165) is 11.1 Å². The monoisotopic (exact) mass is 189 g/mol. The first-order valence-corrected chi connectivity index (χ1v) is 4.44. The summed E-state index contributed by atoms with van der Waals surface area (Å²) < 4.78 is 0. The lowest BCUT2D eigenvalue weighted by molar-refractivity contribution is 0.938. The number of nitrogens with one attached hydrogen (secondary N) is 1. The molecule has 14 heavy (non-hydrogen) atoms. The van der Waals surface area contributed by atoms with E-state index in [1.807, 2.05) is 20.0 Å². The maximum Gasteiger partial charge on any atom is 0.0578 e. The van der Waals surface area contributed by atoms with Gasteiger partial charge >= 0.3 is 0 Å². The van der Waals surface area contributed by atoms with Gasteiger partial charge in [-0.15, -0.1) is 0 Å². The smallest absolute Gasteiger partial charge is 0.0578 e. The third-order valence-electron chi connectivity index (χ3n) is 1.92.